The van der Waals surface area contributed by atoms with Gasteiger partial charge in [-0.15, -0.1) is 0 Å². The Balaban J connectivity index is 2.36. The minimum absolute atomic E-state index is 0.0142. The number of aliphatic hydroxyl groups is 1. The first-order chi connectivity index (χ1) is 7.18. The molecule has 0 unspecified atom stereocenters. The molecule has 2 aliphatic carbocycles. The molecular weight excluding hydrogens is 192 g/mol. The Morgan fingerprint density at radius 1 is 1.00 bits per heavy atom. The van der Waals surface area contributed by atoms with Crippen LogP contribution in [0.25, 0.3) is 0 Å². The first kappa shape index (κ1) is 10.1. The summed E-state index contributed by atoms with van der Waals surface area (Å²) in [5, 5.41) is 9.68. The first-order valence-electron chi connectivity index (χ1n) is 5.37. The van der Waals surface area contributed by atoms with Crippen LogP contribution in [0.1, 0.15) is 38.5 Å². The molecule has 0 heterocycles. The van der Waals surface area contributed by atoms with Crippen molar-refractivity contribution in [2.45, 2.75) is 38.5 Å². The molecule has 0 saturated heterocycles. The molecular formula is C12H14O3. The number of hydrogen-bond donors (Lipinski definition) is 1. The van der Waals surface area contributed by atoms with Crippen LogP contribution in [0, 0.1) is 0 Å². The van der Waals surface area contributed by atoms with Crippen molar-refractivity contribution in [3.63, 3.8) is 0 Å². The molecule has 15 heavy (non-hydrogen) atoms. The van der Waals surface area contributed by atoms with Crippen molar-refractivity contribution >= 4 is 11.6 Å². The van der Waals surface area contributed by atoms with Gasteiger partial charge in [0.2, 0.25) is 0 Å². The summed E-state index contributed by atoms with van der Waals surface area (Å²) >= 11 is 0. The van der Waals surface area contributed by atoms with Gasteiger partial charge in [0.05, 0.1) is 5.57 Å². The fourth-order valence-electron chi connectivity index (χ4n) is 2.18. The Bertz CT molecular complexity index is 374. The zero-order valence-corrected chi connectivity index (χ0v) is 8.58. The summed E-state index contributed by atoms with van der Waals surface area (Å²) in [6, 6.07) is 0. The fourth-order valence-corrected chi connectivity index (χ4v) is 2.18. The number of Topliss-reactive ketones (excluding diaryl/α,β-unsaturated/α-hetero) is 1. The lowest BCUT2D eigenvalue weighted by molar-refractivity contribution is -0.116. The maximum Gasteiger partial charge on any atom is 0.166 e. The molecule has 2 rings (SSSR count). The molecule has 0 aromatic carbocycles. The average Bonchev–Trinajstić information content (AvgIpc) is 2.17. The smallest absolute Gasteiger partial charge is 0.166 e. The highest BCUT2D eigenvalue weighted by molar-refractivity contribution is 6.03. The molecule has 2 aliphatic rings. The molecule has 0 aromatic rings. The zero-order valence-electron chi connectivity index (χ0n) is 8.58. The Morgan fingerprint density at radius 3 is 2.40 bits per heavy atom. The number of carbonyl (C=O) groups is 2. The van der Waals surface area contributed by atoms with Crippen molar-refractivity contribution in [2.75, 3.05) is 0 Å². The van der Waals surface area contributed by atoms with Crippen molar-refractivity contribution in [3.05, 3.63) is 23.0 Å². The molecule has 0 amide bonds. The van der Waals surface area contributed by atoms with E-state index in [1.165, 1.54) is 6.08 Å². The fraction of sp³-hybridized carbons (Fsp3) is 0.500. The maximum absolute atomic E-state index is 11.6. The Labute approximate surface area is 88.5 Å². The second-order valence-electron chi connectivity index (χ2n) is 4.09. The first-order valence-corrected chi connectivity index (χ1v) is 5.37. The van der Waals surface area contributed by atoms with Crippen molar-refractivity contribution in [1.82, 2.24) is 0 Å². The van der Waals surface area contributed by atoms with Gasteiger partial charge in [-0.2, -0.15) is 0 Å². The molecule has 0 radical (unpaired) electrons. The van der Waals surface area contributed by atoms with E-state index in [1.54, 1.807) is 0 Å². The monoisotopic (exact) mass is 206 g/mol. The van der Waals surface area contributed by atoms with Crippen LogP contribution in [0.5, 0.6) is 0 Å². The summed E-state index contributed by atoms with van der Waals surface area (Å²) in [7, 11) is 0. The molecule has 0 aromatic heterocycles. The van der Waals surface area contributed by atoms with Gasteiger partial charge in [-0.25, -0.2) is 0 Å². The van der Waals surface area contributed by atoms with Crippen LogP contribution in [0.15, 0.2) is 23.0 Å². The number of aliphatic hydroxyl groups excluding tert-OH is 1. The lowest BCUT2D eigenvalue weighted by atomic mass is 9.85. The number of allylic oxidation sites excluding steroid dienone is 4. The van der Waals surface area contributed by atoms with E-state index in [0.717, 1.165) is 24.8 Å². The Morgan fingerprint density at radius 2 is 1.73 bits per heavy atom. The van der Waals surface area contributed by atoms with Crippen molar-refractivity contribution in [2.24, 2.45) is 0 Å². The highest BCUT2D eigenvalue weighted by Gasteiger charge is 2.25. The minimum atomic E-state index is -0.0142. The van der Waals surface area contributed by atoms with Gasteiger partial charge in [-0.3, -0.25) is 9.59 Å². The summed E-state index contributed by atoms with van der Waals surface area (Å²) in [5.41, 5.74) is 1.17. The molecule has 0 bridgehead atoms. The second-order valence-corrected chi connectivity index (χ2v) is 4.09. The van der Waals surface area contributed by atoms with Gasteiger partial charge < -0.3 is 5.11 Å². The van der Waals surface area contributed by atoms with Crippen LogP contribution in [0.4, 0.5) is 0 Å². The number of rotatable bonds is 1. The minimum Gasteiger partial charge on any atom is -0.512 e. The van der Waals surface area contributed by atoms with E-state index < -0.39 is 0 Å². The predicted octanol–water partition coefficient (Wildman–Crippen LogP) is 2.23. The van der Waals surface area contributed by atoms with Gasteiger partial charge in [-0.1, -0.05) is 0 Å². The summed E-state index contributed by atoms with van der Waals surface area (Å²) in [6.45, 7) is 0. The SMILES string of the molecule is O=C1C=C(C2=C(O)CCCC2=O)CCC1. The third kappa shape index (κ3) is 2.01. The van der Waals surface area contributed by atoms with Crippen molar-refractivity contribution in [3.8, 4) is 0 Å². The van der Waals surface area contributed by atoms with Gasteiger partial charge in [0.15, 0.2) is 11.6 Å². The van der Waals surface area contributed by atoms with E-state index in [4.69, 9.17) is 0 Å². The predicted molar refractivity (Wildman–Crippen MR) is 55.5 cm³/mol. The number of carbonyl (C=O) groups excluding carboxylic acids is 2. The molecule has 3 nitrogen and oxygen atoms in total. The second kappa shape index (κ2) is 4.01. The molecule has 1 N–H and O–H groups in total. The van der Waals surface area contributed by atoms with Gasteiger partial charge in [-0.05, 0) is 30.9 Å². The van der Waals surface area contributed by atoms with E-state index in [-0.39, 0.29) is 17.3 Å². The van der Waals surface area contributed by atoms with Gasteiger partial charge in [0.25, 0.3) is 0 Å². The zero-order chi connectivity index (χ0) is 10.8. The summed E-state index contributed by atoms with van der Waals surface area (Å²) in [5.74, 6) is 0.224. The Hall–Kier alpha value is -1.38. The van der Waals surface area contributed by atoms with Gasteiger partial charge in [0.1, 0.15) is 5.76 Å². The summed E-state index contributed by atoms with van der Waals surface area (Å²) in [6.07, 6.45) is 5.38. The van der Waals surface area contributed by atoms with E-state index >= 15 is 0 Å². The molecule has 0 atom stereocenters. The van der Waals surface area contributed by atoms with Crippen LogP contribution < -0.4 is 0 Å². The molecule has 3 heteroatoms. The van der Waals surface area contributed by atoms with Crippen molar-refractivity contribution < 1.29 is 14.7 Å². The van der Waals surface area contributed by atoms with E-state index in [1.807, 2.05) is 0 Å². The lowest BCUT2D eigenvalue weighted by Crippen LogP contribution is -2.16. The average molecular weight is 206 g/mol. The molecule has 80 valence electrons. The van der Waals surface area contributed by atoms with Crippen LogP contribution in [-0.4, -0.2) is 16.7 Å². The molecule has 0 aliphatic heterocycles. The molecule has 0 saturated carbocycles. The third-order valence-electron chi connectivity index (χ3n) is 2.91. The summed E-state index contributed by atoms with van der Waals surface area (Å²) < 4.78 is 0. The molecule has 0 fully saturated rings. The Kier molecular flexibility index (Phi) is 2.71. The lowest BCUT2D eigenvalue weighted by Gasteiger charge is -2.19. The number of ketones is 2. The summed E-state index contributed by atoms with van der Waals surface area (Å²) in [4.78, 5) is 22.9. The van der Waals surface area contributed by atoms with Crippen LogP contribution >= 0.6 is 0 Å². The van der Waals surface area contributed by atoms with E-state index in [0.29, 0.717) is 24.8 Å². The van der Waals surface area contributed by atoms with Crippen LogP contribution in [0.3, 0.4) is 0 Å². The molecule has 0 spiro atoms. The largest absolute Gasteiger partial charge is 0.512 e. The maximum atomic E-state index is 11.6. The third-order valence-corrected chi connectivity index (χ3v) is 2.91. The van der Waals surface area contributed by atoms with Gasteiger partial charge in [0, 0.05) is 19.3 Å². The highest BCUT2D eigenvalue weighted by atomic mass is 16.3. The van der Waals surface area contributed by atoms with E-state index in [9.17, 15) is 14.7 Å². The van der Waals surface area contributed by atoms with E-state index in [2.05, 4.69) is 0 Å². The number of hydrogen-bond acceptors (Lipinski definition) is 3. The topological polar surface area (TPSA) is 54.4 Å². The van der Waals surface area contributed by atoms with Crippen LogP contribution in [0.2, 0.25) is 0 Å². The van der Waals surface area contributed by atoms with Crippen LogP contribution in [-0.2, 0) is 9.59 Å². The highest BCUT2D eigenvalue weighted by Crippen LogP contribution is 2.30. The standard InChI is InChI=1S/C12H14O3/c13-9-4-1-3-8(7-9)12-10(14)5-2-6-11(12)15/h7,14H,1-6H2. The quantitative estimate of drug-likeness (QED) is 0.715. The normalized spacial score (nSPS) is 23.1. The van der Waals surface area contributed by atoms with Gasteiger partial charge >= 0.3 is 0 Å². The van der Waals surface area contributed by atoms with Crippen molar-refractivity contribution in [1.29, 1.82) is 0 Å².